The number of halogens is 1. The quantitative estimate of drug-likeness (QED) is 0.838. The summed E-state index contributed by atoms with van der Waals surface area (Å²) < 4.78 is 4.64. The van der Waals surface area contributed by atoms with Crippen LogP contribution in [0.3, 0.4) is 0 Å². The SMILES string of the molecule is COC(=O)CCc1ccc2c(c1)CCNC2.Cl. The van der Waals surface area contributed by atoms with E-state index in [-0.39, 0.29) is 18.4 Å². The summed E-state index contributed by atoms with van der Waals surface area (Å²) in [5.74, 6) is -0.139. The second-order valence-electron chi connectivity index (χ2n) is 4.11. The Bertz CT molecular complexity index is 393. The first-order valence-electron chi connectivity index (χ1n) is 5.68. The fraction of sp³-hybridized carbons (Fsp3) is 0.462. The molecular weight excluding hydrogens is 238 g/mol. The topological polar surface area (TPSA) is 38.3 Å². The van der Waals surface area contributed by atoms with Gasteiger partial charge in [-0.05, 0) is 36.1 Å². The van der Waals surface area contributed by atoms with E-state index in [0.717, 1.165) is 25.9 Å². The molecule has 1 heterocycles. The molecule has 0 saturated carbocycles. The molecule has 0 saturated heterocycles. The highest BCUT2D eigenvalue weighted by Crippen LogP contribution is 2.16. The molecule has 0 unspecified atom stereocenters. The van der Waals surface area contributed by atoms with Crippen LogP contribution in [0.25, 0.3) is 0 Å². The van der Waals surface area contributed by atoms with Gasteiger partial charge in [-0.3, -0.25) is 4.79 Å². The molecule has 0 radical (unpaired) electrons. The van der Waals surface area contributed by atoms with Gasteiger partial charge in [-0.2, -0.15) is 0 Å². The predicted molar refractivity (Wildman–Crippen MR) is 69.4 cm³/mol. The summed E-state index contributed by atoms with van der Waals surface area (Å²) in [5, 5.41) is 3.35. The number of ether oxygens (including phenoxy) is 1. The Morgan fingerprint density at radius 2 is 2.24 bits per heavy atom. The summed E-state index contributed by atoms with van der Waals surface area (Å²) in [6.45, 7) is 2.01. The van der Waals surface area contributed by atoms with Crippen molar-refractivity contribution in [2.45, 2.75) is 25.8 Å². The van der Waals surface area contributed by atoms with Crippen LogP contribution in [0, 0.1) is 0 Å². The monoisotopic (exact) mass is 255 g/mol. The molecule has 1 aliphatic heterocycles. The molecule has 2 rings (SSSR count). The lowest BCUT2D eigenvalue weighted by Gasteiger charge is -2.17. The van der Waals surface area contributed by atoms with Gasteiger partial charge in [0.15, 0.2) is 0 Å². The summed E-state index contributed by atoms with van der Waals surface area (Å²) in [6.07, 6.45) is 2.32. The number of methoxy groups -OCH3 is 1. The Labute approximate surface area is 108 Å². The highest BCUT2D eigenvalue weighted by molar-refractivity contribution is 5.85. The van der Waals surface area contributed by atoms with Crippen molar-refractivity contribution in [3.63, 3.8) is 0 Å². The van der Waals surface area contributed by atoms with Crippen molar-refractivity contribution in [2.75, 3.05) is 13.7 Å². The minimum atomic E-state index is -0.139. The predicted octanol–water partition coefficient (Wildman–Crippen LogP) is 1.86. The number of hydrogen-bond acceptors (Lipinski definition) is 3. The standard InChI is InChI=1S/C13H17NO2.ClH/c1-16-13(15)5-3-10-2-4-12-9-14-7-6-11(12)8-10;/h2,4,8,14H,3,5-7,9H2,1H3;1H. The number of hydrogen-bond donors (Lipinski definition) is 1. The third-order valence-corrected chi connectivity index (χ3v) is 3.00. The molecule has 1 N–H and O–H groups in total. The molecule has 0 aliphatic carbocycles. The van der Waals surface area contributed by atoms with Crippen molar-refractivity contribution in [1.29, 1.82) is 0 Å². The largest absolute Gasteiger partial charge is 0.469 e. The number of benzene rings is 1. The Morgan fingerprint density at radius 1 is 1.41 bits per heavy atom. The zero-order valence-electron chi connectivity index (χ0n) is 9.99. The van der Waals surface area contributed by atoms with E-state index >= 15 is 0 Å². The average molecular weight is 256 g/mol. The van der Waals surface area contributed by atoms with Gasteiger partial charge < -0.3 is 10.1 Å². The van der Waals surface area contributed by atoms with Gasteiger partial charge in [0.2, 0.25) is 0 Å². The molecule has 0 bridgehead atoms. The van der Waals surface area contributed by atoms with E-state index in [1.807, 2.05) is 0 Å². The van der Waals surface area contributed by atoms with Crippen LogP contribution in [-0.2, 0) is 28.9 Å². The van der Waals surface area contributed by atoms with Crippen LogP contribution < -0.4 is 5.32 Å². The first-order valence-corrected chi connectivity index (χ1v) is 5.68. The zero-order chi connectivity index (χ0) is 11.4. The van der Waals surface area contributed by atoms with E-state index in [1.54, 1.807) is 0 Å². The fourth-order valence-electron chi connectivity index (χ4n) is 2.03. The first-order chi connectivity index (χ1) is 7.79. The lowest BCUT2D eigenvalue weighted by molar-refractivity contribution is -0.140. The molecule has 0 atom stereocenters. The number of fused-ring (bicyclic) bond motifs is 1. The van der Waals surface area contributed by atoms with Gasteiger partial charge in [-0.15, -0.1) is 12.4 Å². The second kappa shape index (κ2) is 6.62. The van der Waals surface area contributed by atoms with Crippen LogP contribution >= 0.6 is 12.4 Å². The molecule has 94 valence electrons. The van der Waals surface area contributed by atoms with Crippen molar-refractivity contribution < 1.29 is 9.53 Å². The molecule has 4 heteroatoms. The lowest BCUT2D eigenvalue weighted by Crippen LogP contribution is -2.23. The molecule has 1 aromatic carbocycles. The summed E-state index contributed by atoms with van der Waals surface area (Å²) in [4.78, 5) is 11.0. The van der Waals surface area contributed by atoms with E-state index in [4.69, 9.17) is 0 Å². The second-order valence-corrected chi connectivity index (χ2v) is 4.11. The van der Waals surface area contributed by atoms with Gasteiger partial charge in [0, 0.05) is 13.0 Å². The minimum absolute atomic E-state index is 0. The molecule has 1 aromatic rings. The van der Waals surface area contributed by atoms with E-state index in [1.165, 1.54) is 23.8 Å². The number of carbonyl (C=O) groups is 1. The zero-order valence-corrected chi connectivity index (χ0v) is 10.8. The van der Waals surface area contributed by atoms with Crippen molar-refractivity contribution in [2.24, 2.45) is 0 Å². The minimum Gasteiger partial charge on any atom is -0.469 e. The van der Waals surface area contributed by atoms with E-state index in [0.29, 0.717) is 6.42 Å². The summed E-state index contributed by atoms with van der Waals surface area (Å²) in [5.41, 5.74) is 4.03. The number of esters is 1. The Hall–Kier alpha value is -1.06. The molecule has 0 aromatic heterocycles. The summed E-state index contributed by atoms with van der Waals surface area (Å²) in [7, 11) is 1.43. The van der Waals surface area contributed by atoms with Crippen LogP contribution in [0.15, 0.2) is 18.2 Å². The summed E-state index contributed by atoms with van der Waals surface area (Å²) >= 11 is 0. The van der Waals surface area contributed by atoms with Crippen LogP contribution in [0.1, 0.15) is 23.1 Å². The summed E-state index contributed by atoms with van der Waals surface area (Å²) in [6, 6.07) is 6.49. The molecule has 0 spiro atoms. The van der Waals surface area contributed by atoms with Crippen LogP contribution in [-0.4, -0.2) is 19.6 Å². The fourth-order valence-corrected chi connectivity index (χ4v) is 2.03. The molecule has 17 heavy (non-hydrogen) atoms. The normalized spacial score (nSPS) is 13.5. The first kappa shape index (κ1) is 14.0. The van der Waals surface area contributed by atoms with Crippen molar-refractivity contribution >= 4 is 18.4 Å². The highest BCUT2D eigenvalue weighted by Gasteiger charge is 2.09. The molecular formula is C13H18ClNO2. The van der Waals surface area contributed by atoms with Crippen LogP contribution in [0.4, 0.5) is 0 Å². The number of nitrogens with one attached hydrogen (secondary N) is 1. The van der Waals surface area contributed by atoms with Crippen molar-refractivity contribution in [3.8, 4) is 0 Å². The van der Waals surface area contributed by atoms with E-state index in [9.17, 15) is 4.79 Å². The molecule has 0 fully saturated rings. The maximum Gasteiger partial charge on any atom is 0.305 e. The third-order valence-electron chi connectivity index (χ3n) is 3.00. The van der Waals surface area contributed by atoms with E-state index < -0.39 is 0 Å². The number of rotatable bonds is 3. The Morgan fingerprint density at radius 3 is 3.00 bits per heavy atom. The molecule has 3 nitrogen and oxygen atoms in total. The van der Waals surface area contributed by atoms with Crippen LogP contribution in [0.2, 0.25) is 0 Å². The molecule has 0 amide bonds. The maximum atomic E-state index is 11.0. The smallest absolute Gasteiger partial charge is 0.305 e. The maximum absolute atomic E-state index is 11.0. The van der Waals surface area contributed by atoms with Gasteiger partial charge in [-0.25, -0.2) is 0 Å². The number of aryl methyl sites for hydroxylation is 1. The van der Waals surface area contributed by atoms with Gasteiger partial charge >= 0.3 is 5.97 Å². The van der Waals surface area contributed by atoms with Gasteiger partial charge in [0.05, 0.1) is 7.11 Å². The number of carbonyl (C=O) groups excluding carboxylic acids is 1. The Kier molecular flexibility index (Phi) is 5.45. The van der Waals surface area contributed by atoms with Crippen molar-refractivity contribution in [3.05, 3.63) is 34.9 Å². The van der Waals surface area contributed by atoms with Gasteiger partial charge in [0.25, 0.3) is 0 Å². The van der Waals surface area contributed by atoms with Gasteiger partial charge in [-0.1, -0.05) is 18.2 Å². The van der Waals surface area contributed by atoms with Gasteiger partial charge in [0.1, 0.15) is 0 Å². The highest BCUT2D eigenvalue weighted by atomic mass is 35.5. The average Bonchev–Trinajstić information content (AvgIpc) is 2.35. The van der Waals surface area contributed by atoms with Crippen molar-refractivity contribution in [1.82, 2.24) is 5.32 Å². The molecule has 1 aliphatic rings. The Balaban J connectivity index is 0.00000144. The third kappa shape index (κ3) is 3.72. The lowest BCUT2D eigenvalue weighted by atomic mass is 9.97. The van der Waals surface area contributed by atoms with Crippen LogP contribution in [0.5, 0.6) is 0 Å². The van der Waals surface area contributed by atoms with E-state index in [2.05, 4.69) is 28.3 Å².